The molecule has 4 heteroatoms. The number of carbonyl (C=O) groups is 2. The molecule has 0 aromatic rings. The van der Waals surface area contributed by atoms with Crippen LogP contribution < -0.4 is 0 Å². The lowest BCUT2D eigenvalue weighted by Gasteiger charge is -2.13. The van der Waals surface area contributed by atoms with Crippen LogP contribution in [-0.4, -0.2) is 19.0 Å². The molecule has 16 heavy (non-hydrogen) atoms. The van der Waals surface area contributed by atoms with Gasteiger partial charge in [-0.1, -0.05) is 6.92 Å². The molecule has 0 aliphatic heterocycles. The quantitative estimate of drug-likeness (QED) is 0.684. The van der Waals surface area contributed by atoms with Crippen molar-refractivity contribution in [2.75, 3.05) is 7.11 Å². The van der Waals surface area contributed by atoms with Crippen LogP contribution in [0.25, 0.3) is 0 Å². The van der Waals surface area contributed by atoms with Crippen molar-refractivity contribution >= 4 is 11.9 Å². The summed E-state index contributed by atoms with van der Waals surface area (Å²) in [5, 5.41) is 0. The Kier molecular flexibility index (Phi) is 2.52. The first-order valence-corrected chi connectivity index (χ1v) is 5.44. The Labute approximate surface area is 94.6 Å². The third-order valence-electron chi connectivity index (χ3n) is 3.74. The van der Waals surface area contributed by atoms with Crippen LogP contribution in [0.4, 0.5) is 0 Å². The van der Waals surface area contributed by atoms with E-state index in [1.807, 2.05) is 6.08 Å². The molecule has 0 saturated heterocycles. The van der Waals surface area contributed by atoms with Crippen molar-refractivity contribution in [2.45, 2.75) is 26.7 Å². The van der Waals surface area contributed by atoms with Crippen molar-refractivity contribution in [3.05, 3.63) is 11.8 Å². The van der Waals surface area contributed by atoms with Crippen LogP contribution in [0.2, 0.25) is 0 Å². The van der Waals surface area contributed by atoms with Gasteiger partial charge in [-0.05, 0) is 23.8 Å². The standard InChI is InChI=1S/C12H16O4/c1-7(13)16-9-5-4-8-11(9)12(8,2)6-10(14)15-3/h5,8,11H,4,6H2,1-3H3/t8-,11-,12+/m1/s1. The molecule has 0 bridgehead atoms. The van der Waals surface area contributed by atoms with E-state index in [9.17, 15) is 9.59 Å². The first-order valence-electron chi connectivity index (χ1n) is 5.44. The number of allylic oxidation sites excluding steroid dienone is 2. The Bertz CT molecular complexity index is 371. The second-order valence-electron chi connectivity index (χ2n) is 4.78. The summed E-state index contributed by atoms with van der Waals surface area (Å²) < 4.78 is 9.83. The Balaban J connectivity index is 2.01. The smallest absolute Gasteiger partial charge is 0.307 e. The normalized spacial score (nSPS) is 35.1. The van der Waals surface area contributed by atoms with E-state index in [2.05, 4.69) is 11.7 Å². The molecule has 2 rings (SSSR count). The number of fused-ring (bicyclic) bond motifs is 1. The van der Waals surface area contributed by atoms with E-state index in [0.29, 0.717) is 12.3 Å². The highest BCUT2D eigenvalue weighted by Gasteiger charge is 2.66. The summed E-state index contributed by atoms with van der Waals surface area (Å²) in [6.07, 6.45) is 3.24. The minimum atomic E-state index is -0.292. The van der Waals surface area contributed by atoms with Gasteiger partial charge in [0.2, 0.25) is 0 Å². The highest BCUT2D eigenvalue weighted by Crippen LogP contribution is 2.69. The van der Waals surface area contributed by atoms with Gasteiger partial charge in [0.25, 0.3) is 0 Å². The van der Waals surface area contributed by atoms with Crippen molar-refractivity contribution in [1.29, 1.82) is 0 Å². The van der Waals surface area contributed by atoms with Crippen molar-refractivity contribution < 1.29 is 19.1 Å². The van der Waals surface area contributed by atoms with Crippen molar-refractivity contribution in [3.8, 4) is 0 Å². The van der Waals surface area contributed by atoms with Crippen LogP contribution in [0, 0.1) is 17.3 Å². The highest BCUT2D eigenvalue weighted by atomic mass is 16.5. The second-order valence-corrected chi connectivity index (χ2v) is 4.78. The predicted molar refractivity (Wildman–Crippen MR) is 56.2 cm³/mol. The van der Waals surface area contributed by atoms with E-state index in [1.54, 1.807) is 0 Å². The summed E-state index contributed by atoms with van der Waals surface area (Å²) in [6.45, 7) is 3.45. The van der Waals surface area contributed by atoms with Crippen molar-refractivity contribution in [3.63, 3.8) is 0 Å². The number of methoxy groups -OCH3 is 1. The minimum absolute atomic E-state index is 0.0768. The molecular weight excluding hydrogens is 208 g/mol. The molecule has 2 aliphatic rings. The van der Waals surface area contributed by atoms with Crippen LogP contribution in [0.1, 0.15) is 26.7 Å². The number of carbonyl (C=O) groups excluding carboxylic acids is 2. The molecule has 0 unspecified atom stereocenters. The Hall–Kier alpha value is -1.32. The van der Waals surface area contributed by atoms with Gasteiger partial charge in [-0.3, -0.25) is 9.59 Å². The fraction of sp³-hybridized carbons (Fsp3) is 0.667. The van der Waals surface area contributed by atoms with E-state index in [1.165, 1.54) is 14.0 Å². The molecule has 0 amide bonds. The number of esters is 2. The van der Waals surface area contributed by atoms with E-state index >= 15 is 0 Å². The number of hydrogen-bond donors (Lipinski definition) is 0. The molecule has 0 radical (unpaired) electrons. The van der Waals surface area contributed by atoms with Gasteiger partial charge in [0.15, 0.2) is 0 Å². The van der Waals surface area contributed by atoms with Crippen molar-refractivity contribution in [1.82, 2.24) is 0 Å². The van der Waals surface area contributed by atoms with Crippen LogP contribution in [-0.2, 0) is 19.1 Å². The average molecular weight is 224 g/mol. The molecule has 0 aromatic carbocycles. The SMILES string of the molecule is COC(=O)C[C@@]1(C)[C@@H]2CC=C(OC(C)=O)[C@@H]21. The lowest BCUT2D eigenvalue weighted by atomic mass is 9.96. The zero-order valence-electron chi connectivity index (χ0n) is 9.78. The molecule has 3 atom stereocenters. The summed E-state index contributed by atoms with van der Waals surface area (Å²) in [6, 6.07) is 0. The van der Waals surface area contributed by atoms with Gasteiger partial charge in [0.1, 0.15) is 5.76 Å². The van der Waals surface area contributed by atoms with Crippen molar-refractivity contribution in [2.24, 2.45) is 17.3 Å². The Morgan fingerprint density at radius 2 is 2.25 bits per heavy atom. The van der Waals surface area contributed by atoms with Crippen LogP contribution in [0.15, 0.2) is 11.8 Å². The molecule has 0 spiro atoms. The van der Waals surface area contributed by atoms with E-state index in [-0.39, 0.29) is 23.3 Å². The Morgan fingerprint density at radius 3 is 2.81 bits per heavy atom. The van der Waals surface area contributed by atoms with Gasteiger partial charge in [-0.2, -0.15) is 0 Å². The largest absolute Gasteiger partial charge is 0.469 e. The van der Waals surface area contributed by atoms with Crippen LogP contribution in [0.3, 0.4) is 0 Å². The van der Waals surface area contributed by atoms with Gasteiger partial charge in [-0.15, -0.1) is 0 Å². The zero-order valence-corrected chi connectivity index (χ0v) is 9.78. The van der Waals surface area contributed by atoms with E-state index < -0.39 is 0 Å². The van der Waals surface area contributed by atoms with Gasteiger partial charge in [-0.25, -0.2) is 0 Å². The maximum Gasteiger partial charge on any atom is 0.307 e. The summed E-state index contributed by atoms with van der Waals surface area (Å²) in [5.41, 5.74) is -0.0768. The van der Waals surface area contributed by atoms with Gasteiger partial charge < -0.3 is 9.47 Å². The summed E-state index contributed by atoms with van der Waals surface area (Å²) in [5.74, 6) is 0.902. The summed E-state index contributed by atoms with van der Waals surface area (Å²) >= 11 is 0. The molecule has 1 fully saturated rings. The maximum absolute atomic E-state index is 11.3. The maximum atomic E-state index is 11.3. The fourth-order valence-corrected chi connectivity index (χ4v) is 2.85. The number of rotatable bonds is 3. The highest BCUT2D eigenvalue weighted by molar-refractivity contribution is 5.72. The molecule has 1 saturated carbocycles. The monoisotopic (exact) mass is 224 g/mol. The van der Waals surface area contributed by atoms with Gasteiger partial charge in [0.05, 0.1) is 13.5 Å². The van der Waals surface area contributed by atoms with Crippen LogP contribution >= 0.6 is 0 Å². The zero-order chi connectivity index (χ0) is 11.9. The molecular formula is C12H16O4. The lowest BCUT2D eigenvalue weighted by molar-refractivity contribution is -0.142. The molecule has 0 aromatic heterocycles. The first kappa shape index (κ1) is 11.2. The Morgan fingerprint density at radius 1 is 1.56 bits per heavy atom. The number of hydrogen-bond acceptors (Lipinski definition) is 4. The fourth-order valence-electron chi connectivity index (χ4n) is 2.85. The van der Waals surface area contributed by atoms with E-state index in [4.69, 9.17) is 4.74 Å². The predicted octanol–water partition coefficient (Wildman–Crippen LogP) is 1.65. The third kappa shape index (κ3) is 1.62. The topological polar surface area (TPSA) is 52.6 Å². The summed E-state index contributed by atoms with van der Waals surface area (Å²) in [7, 11) is 1.40. The van der Waals surface area contributed by atoms with Gasteiger partial charge >= 0.3 is 11.9 Å². The second kappa shape index (κ2) is 3.61. The number of ether oxygens (including phenoxy) is 2. The molecule has 2 aliphatic carbocycles. The molecule has 88 valence electrons. The molecule has 0 heterocycles. The van der Waals surface area contributed by atoms with Gasteiger partial charge in [0, 0.05) is 12.8 Å². The first-order chi connectivity index (χ1) is 7.49. The minimum Gasteiger partial charge on any atom is -0.469 e. The molecule has 0 N–H and O–H groups in total. The summed E-state index contributed by atoms with van der Waals surface area (Å²) in [4.78, 5) is 22.2. The third-order valence-corrected chi connectivity index (χ3v) is 3.74. The average Bonchev–Trinajstić information content (AvgIpc) is 2.57. The van der Waals surface area contributed by atoms with E-state index in [0.717, 1.165) is 12.2 Å². The lowest BCUT2D eigenvalue weighted by Crippen LogP contribution is -2.13. The van der Waals surface area contributed by atoms with Crippen LogP contribution in [0.5, 0.6) is 0 Å². The molecule has 4 nitrogen and oxygen atoms in total.